The van der Waals surface area contributed by atoms with Crippen molar-refractivity contribution < 1.29 is 9.66 Å². The molecule has 0 atom stereocenters. The van der Waals surface area contributed by atoms with E-state index < -0.39 is 4.92 Å². The molecular weight excluding hydrogens is 420 g/mol. The number of likely N-dealkylation sites (tertiary alicyclic amines) is 1. The van der Waals surface area contributed by atoms with E-state index in [0.717, 1.165) is 66.9 Å². The summed E-state index contributed by atoms with van der Waals surface area (Å²) in [5.74, 6) is 1.50. The number of anilines is 1. The molecule has 2 aromatic heterocycles. The fourth-order valence-corrected chi connectivity index (χ4v) is 4.40. The maximum absolute atomic E-state index is 10.8. The number of nitro groups is 1. The van der Waals surface area contributed by atoms with Crippen LogP contribution in [0.2, 0.25) is 0 Å². The van der Waals surface area contributed by atoms with Gasteiger partial charge in [0, 0.05) is 50.4 Å². The number of aromatic nitrogens is 2. The van der Waals surface area contributed by atoms with Gasteiger partial charge in [-0.3, -0.25) is 15.1 Å². The Morgan fingerprint density at radius 3 is 2.67 bits per heavy atom. The van der Waals surface area contributed by atoms with E-state index in [1.165, 1.54) is 12.3 Å². The first-order valence-electron chi connectivity index (χ1n) is 10.9. The van der Waals surface area contributed by atoms with Gasteiger partial charge in [0.05, 0.1) is 23.1 Å². The number of piperidine rings is 1. The van der Waals surface area contributed by atoms with Crippen molar-refractivity contribution in [2.75, 3.05) is 38.7 Å². The molecule has 0 spiro atoms. The van der Waals surface area contributed by atoms with Crippen molar-refractivity contribution in [3.63, 3.8) is 0 Å². The Bertz CT molecular complexity index is 1180. The number of nitriles is 1. The largest absolute Gasteiger partial charge is 0.497 e. The smallest absolute Gasteiger partial charge is 0.287 e. The lowest BCUT2D eigenvalue weighted by atomic mass is 9.99. The average molecular weight is 447 g/mol. The monoisotopic (exact) mass is 446 g/mol. The van der Waals surface area contributed by atoms with Crippen molar-refractivity contribution in [1.82, 2.24) is 14.9 Å². The number of benzene rings is 1. The molecule has 1 saturated heterocycles. The summed E-state index contributed by atoms with van der Waals surface area (Å²) in [5.41, 5.74) is 2.48. The first-order valence-corrected chi connectivity index (χ1v) is 10.9. The van der Waals surface area contributed by atoms with Gasteiger partial charge in [-0.05, 0) is 49.1 Å². The Morgan fingerprint density at radius 2 is 2.03 bits per heavy atom. The lowest BCUT2D eigenvalue weighted by molar-refractivity contribution is -0.385. The molecule has 0 unspecified atom stereocenters. The number of pyridine rings is 2. The summed E-state index contributed by atoms with van der Waals surface area (Å²) in [5, 5.41) is 21.4. The van der Waals surface area contributed by atoms with Crippen LogP contribution in [0.3, 0.4) is 0 Å². The molecule has 1 fully saturated rings. The van der Waals surface area contributed by atoms with Crippen LogP contribution in [-0.2, 0) is 6.42 Å². The standard InChI is InChI=1S/C24H26N6O3/c1-28(24-6-3-19(16-27-24)30(31)32)18-7-10-29(11-8-18)12-9-21-17(14-25)15-26-23-5-4-20(33-2)13-22(21)23/h3-6,13,15-16,18H,7-12H2,1-2H3. The minimum Gasteiger partial charge on any atom is -0.497 e. The van der Waals surface area contributed by atoms with E-state index >= 15 is 0 Å². The SMILES string of the molecule is COc1ccc2ncc(C#N)c(CCN3CCC(N(C)c4ccc([N+](=O)[O-])cn4)CC3)c2c1. The maximum atomic E-state index is 10.8. The van der Waals surface area contributed by atoms with E-state index in [0.29, 0.717) is 11.6 Å². The predicted octanol–water partition coefficient (Wildman–Crippen LogP) is 3.56. The highest BCUT2D eigenvalue weighted by Crippen LogP contribution is 2.27. The van der Waals surface area contributed by atoms with E-state index in [4.69, 9.17) is 4.74 Å². The van der Waals surface area contributed by atoms with Crippen molar-refractivity contribution in [3.05, 3.63) is 64.0 Å². The highest BCUT2D eigenvalue weighted by molar-refractivity contribution is 5.85. The van der Waals surface area contributed by atoms with Gasteiger partial charge in [0.25, 0.3) is 5.69 Å². The molecule has 0 bridgehead atoms. The van der Waals surface area contributed by atoms with Crippen LogP contribution in [0.5, 0.6) is 5.75 Å². The highest BCUT2D eigenvalue weighted by Gasteiger charge is 2.24. The van der Waals surface area contributed by atoms with Crippen molar-refractivity contribution in [3.8, 4) is 11.8 Å². The van der Waals surface area contributed by atoms with Crippen LogP contribution in [0.25, 0.3) is 10.9 Å². The first-order chi connectivity index (χ1) is 16.0. The Kier molecular flexibility index (Phi) is 6.66. The highest BCUT2D eigenvalue weighted by atomic mass is 16.6. The van der Waals surface area contributed by atoms with E-state index in [-0.39, 0.29) is 5.69 Å². The second-order valence-electron chi connectivity index (χ2n) is 8.21. The summed E-state index contributed by atoms with van der Waals surface area (Å²) in [7, 11) is 3.62. The molecule has 1 aliphatic heterocycles. The van der Waals surface area contributed by atoms with Crippen LogP contribution in [-0.4, -0.2) is 59.6 Å². The van der Waals surface area contributed by atoms with E-state index in [2.05, 4.69) is 25.8 Å². The molecule has 1 aliphatic rings. The normalized spacial score (nSPS) is 14.7. The Hall–Kier alpha value is -3.77. The molecule has 33 heavy (non-hydrogen) atoms. The summed E-state index contributed by atoms with van der Waals surface area (Å²) in [6.07, 6.45) is 5.68. The molecule has 170 valence electrons. The zero-order valence-electron chi connectivity index (χ0n) is 18.8. The molecule has 0 radical (unpaired) electrons. The van der Waals surface area contributed by atoms with Crippen LogP contribution >= 0.6 is 0 Å². The molecule has 9 heteroatoms. The third-order valence-electron chi connectivity index (χ3n) is 6.39. The third kappa shape index (κ3) is 4.86. The number of fused-ring (bicyclic) bond motifs is 1. The molecular formula is C24H26N6O3. The number of ether oxygens (including phenoxy) is 1. The number of rotatable bonds is 7. The summed E-state index contributed by atoms with van der Waals surface area (Å²) < 4.78 is 5.37. The van der Waals surface area contributed by atoms with Crippen molar-refractivity contribution >= 4 is 22.4 Å². The third-order valence-corrected chi connectivity index (χ3v) is 6.39. The summed E-state index contributed by atoms with van der Waals surface area (Å²) >= 11 is 0. The van der Waals surface area contributed by atoms with Crippen LogP contribution in [0.1, 0.15) is 24.0 Å². The van der Waals surface area contributed by atoms with Gasteiger partial charge in [-0.2, -0.15) is 5.26 Å². The topological polar surface area (TPSA) is 108 Å². The quantitative estimate of drug-likeness (QED) is 0.400. The molecule has 3 aromatic rings. The van der Waals surface area contributed by atoms with Gasteiger partial charge in [-0.15, -0.1) is 0 Å². The van der Waals surface area contributed by atoms with E-state index in [1.54, 1.807) is 19.4 Å². The molecule has 9 nitrogen and oxygen atoms in total. The summed E-state index contributed by atoms with van der Waals surface area (Å²) in [6, 6.07) is 11.6. The van der Waals surface area contributed by atoms with Crippen molar-refractivity contribution in [2.45, 2.75) is 25.3 Å². The van der Waals surface area contributed by atoms with Gasteiger partial charge < -0.3 is 14.5 Å². The Labute approximate surface area is 192 Å². The van der Waals surface area contributed by atoms with Gasteiger partial charge in [0.2, 0.25) is 0 Å². The van der Waals surface area contributed by atoms with Crippen LogP contribution in [0.15, 0.2) is 42.7 Å². The molecule has 0 saturated carbocycles. The van der Waals surface area contributed by atoms with Crippen LogP contribution in [0.4, 0.5) is 11.5 Å². The van der Waals surface area contributed by atoms with Crippen molar-refractivity contribution in [2.24, 2.45) is 0 Å². The summed E-state index contributed by atoms with van der Waals surface area (Å²) in [6.45, 7) is 2.74. The molecule has 4 rings (SSSR count). The lowest BCUT2D eigenvalue weighted by Crippen LogP contribution is -2.44. The molecule has 0 N–H and O–H groups in total. The first kappa shape index (κ1) is 22.4. The zero-order valence-corrected chi connectivity index (χ0v) is 18.8. The van der Waals surface area contributed by atoms with Crippen molar-refractivity contribution in [1.29, 1.82) is 5.26 Å². The minimum absolute atomic E-state index is 0.0000338. The van der Waals surface area contributed by atoms with E-state index in [9.17, 15) is 15.4 Å². The van der Waals surface area contributed by atoms with Gasteiger partial charge in [0.15, 0.2) is 0 Å². The van der Waals surface area contributed by atoms with Gasteiger partial charge in [0.1, 0.15) is 23.8 Å². The number of methoxy groups -OCH3 is 1. The Balaban J connectivity index is 1.39. The lowest BCUT2D eigenvalue weighted by Gasteiger charge is -2.37. The van der Waals surface area contributed by atoms with Crippen LogP contribution in [0, 0.1) is 21.4 Å². The molecule has 0 aliphatic carbocycles. The molecule has 0 amide bonds. The molecule has 1 aromatic carbocycles. The molecule has 3 heterocycles. The Morgan fingerprint density at radius 1 is 1.24 bits per heavy atom. The average Bonchev–Trinajstić information content (AvgIpc) is 2.86. The minimum atomic E-state index is -0.435. The predicted molar refractivity (Wildman–Crippen MR) is 125 cm³/mol. The fourth-order valence-electron chi connectivity index (χ4n) is 4.40. The second kappa shape index (κ2) is 9.79. The van der Waals surface area contributed by atoms with E-state index in [1.807, 2.05) is 25.2 Å². The van der Waals surface area contributed by atoms with Gasteiger partial charge in [-0.1, -0.05) is 0 Å². The van der Waals surface area contributed by atoms with Gasteiger partial charge >= 0.3 is 0 Å². The number of hydrogen-bond acceptors (Lipinski definition) is 8. The summed E-state index contributed by atoms with van der Waals surface area (Å²) in [4.78, 5) is 23.6. The number of nitrogens with zero attached hydrogens (tertiary/aromatic N) is 6. The van der Waals surface area contributed by atoms with Crippen LogP contribution < -0.4 is 9.64 Å². The maximum Gasteiger partial charge on any atom is 0.287 e. The second-order valence-corrected chi connectivity index (χ2v) is 8.21. The zero-order chi connectivity index (χ0) is 23.4. The van der Waals surface area contributed by atoms with Gasteiger partial charge in [-0.25, -0.2) is 4.98 Å². The fraction of sp³-hybridized carbons (Fsp3) is 0.375. The number of hydrogen-bond donors (Lipinski definition) is 0.